The van der Waals surface area contributed by atoms with Crippen LogP contribution in [0, 0.1) is 5.82 Å². The van der Waals surface area contributed by atoms with Crippen LogP contribution in [0.3, 0.4) is 0 Å². The summed E-state index contributed by atoms with van der Waals surface area (Å²) in [4.78, 5) is 7.24. The summed E-state index contributed by atoms with van der Waals surface area (Å²) in [6.45, 7) is 0.772. The number of hydrogen-bond acceptors (Lipinski definition) is 5. The van der Waals surface area contributed by atoms with E-state index in [4.69, 9.17) is 26.1 Å². The van der Waals surface area contributed by atoms with E-state index in [2.05, 4.69) is 29.4 Å². The number of anilines is 1. The molecule has 1 aliphatic carbocycles. The van der Waals surface area contributed by atoms with Crippen LogP contribution >= 0.6 is 11.6 Å². The molecule has 1 fully saturated rings. The number of halogens is 2. The van der Waals surface area contributed by atoms with Gasteiger partial charge >= 0.3 is 0 Å². The highest BCUT2D eigenvalue weighted by Gasteiger charge is 2.24. The Balaban J connectivity index is 1.25. The minimum Gasteiger partial charge on any atom is -0.496 e. The molecule has 1 saturated carbocycles. The van der Waals surface area contributed by atoms with Gasteiger partial charge in [-0.25, -0.2) is 9.37 Å². The van der Waals surface area contributed by atoms with Gasteiger partial charge in [0.15, 0.2) is 0 Å². The Morgan fingerprint density at radius 2 is 1.76 bits per heavy atom. The van der Waals surface area contributed by atoms with Crippen LogP contribution in [0.2, 0.25) is 5.02 Å². The van der Waals surface area contributed by atoms with Gasteiger partial charge in [0.2, 0.25) is 0 Å². The summed E-state index contributed by atoms with van der Waals surface area (Å²) in [6.07, 6.45) is 8.49. The first-order valence-corrected chi connectivity index (χ1v) is 12.9. The van der Waals surface area contributed by atoms with Crippen LogP contribution in [-0.4, -0.2) is 42.7 Å². The molecule has 0 aliphatic heterocycles. The molecular formula is C29H32ClFN4O2. The molecular weight excluding hydrogens is 491 g/mol. The highest BCUT2D eigenvalue weighted by Crippen LogP contribution is 2.38. The maximum absolute atomic E-state index is 13.1. The van der Waals surface area contributed by atoms with Crippen LogP contribution in [0.25, 0.3) is 16.9 Å². The number of hydrogen-bond donors (Lipinski definition) is 1. The number of methoxy groups -OCH3 is 2. The van der Waals surface area contributed by atoms with Crippen molar-refractivity contribution in [3.63, 3.8) is 0 Å². The number of nitrogens with zero attached hydrogens (tertiary/aromatic N) is 3. The largest absolute Gasteiger partial charge is 0.496 e. The van der Waals surface area contributed by atoms with Crippen molar-refractivity contribution >= 4 is 22.9 Å². The van der Waals surface area contributed by atoms with Gasteiger partial charge in [0.25, 0.3) is 0 Å². The normalized spacial score (nSPS) is 17.6. The Bertz CT molecular complexity index is 1370. The molecule has 0 atom stereocenters. The lowest BCUT2D eigenvalue weighted by atomic mass is 9.90. The van der Waals surface area contributed by atoms with Gasteiger partial charge in [0.05, 0.1) is 24.9 Å². The average molecular weight is 523 g/mol. The van der Waals surface area contributed by atoms with Crippen LogP contribution in [0.1, 0.15) is 31.2 Å². The molecule has 0 saturated heterocycles. The van der Waals surface area contributed by atoms with E-state index in [1.54, 1.807) is 20.3 Å². The lowest BCUT2D eigenvalue weighted by Crippen LogP contribution is -2.40. The molecule has 0 amide bonds. The molecule has 6 nitrogen and oxygen atoms in total. The lowest BCUT2D eigenvalue weighted by molar-refractivity contribution is 0.335. The van der Waals surface area contributed by atoms with Gasteiger partial charge in [-0.2, -0.15) is 0 Å². The van der Waals surface area contributed by atoms with Gasteiger partial charge in [-0.15, -0.1) is 0 Å². The van der Waals surface area contributed by atoms with E-state index in [1.807, 2.05) is 35.0 Å². The third-order valence-corrected chi connectivity index (χ3v) is 7.65. The van der Waals surface area contributed by atoms with E-state index in [-0.39, 0.29) is 5.82 Å². The summed E-state index contributed by atoms with van der Waals surface area (Å²) >= 11 is 6.39. The van der Waals surface area contributed by atoms with Crippen molar-refractivity contribution in [2.75, 3.05) is 26.2 Å². The predicted octanol–water partition coefficient (Wildman–Crippen LogP) is 6.35. The van der Waals surface area contributed by atoms with E-state index < -0.39 is 0 Å². The fourth-order valence-corrected chi connectivity index (χ4v) is 5.36. The zero-order valence-electron chi connectivity index (χ0n) is 21.4. The lowest BCUT2D eigenvalue weighted by Gasteiger charge is -2.36. The van der Waals surface area contributed by atoms with Gasteiger partial charge in [0.1, 0.15) is 23.0 Å². The molecule has 2 aromatic heterocycles. The quantitative estimate of drug-likeness (QED) is 0.292. The molecule has 5 rings (SSSR count). The predicted molar refractivity (Wildman–Crippen MR) is 146 cm³/mol. The third-order valence-electron chi connectivity index (χ3n) is 7.35. The number of ether oxygens (including phenoxy) is 2. The molecule has 4 aromatic rings. The molecule has 0 unspecified atom stereocenters. The fraction of sp³-hybridized carbons (Fsp3) is 0.345. The van der Waals surface area contributed by atoms with E-state index in [0.29, 0.717) is 28.6 Å². The van der Waals surface area contributed by atoms with Crippen molar-refractivity contribution in [1.82, 2.24) is 14.7 Å². The molecule has 8 heteroatoms. The molecule has 2 heterocycles. The standard InChI is InChI=1S/C29H32ClFN4O2/c1-34(22-10-8-21(9-11-22)32-17-19-4-6-20(31)7-5-19)23-12-13-35-18-26(33-29(35)14-23)24-15-25(30)28(37-3)16-27(24)36-2/h4-7,12-16,18,21-22,32H,8-11,17H2,1-3H3. The Kier molecular flexibility index (Phi) is 7.53. The van der Waals surface area contributed by atoms with Gasteiger partial charge in [0, 0.05) is 61.5 Å². The number of imidazole rings is 1. The fourth-order valence-electron chi connectivity index (χ4n) is 5.12. The minimum absolute atomic E-state index is 0.193. The number of pyridine rings is 1. The summed E-state index contributed by atoms with van der Waals surface area (Å²) in [5, 5.41) is 4.15. The summed E-state index contributed by atoms with van der Waals surface area (Å²) in [6, 6.07) is 15.6. The first-order chi connectivity index (χ1) is 17.9. The molecule has 1 aliphatic rings. The van der Waals surface area contributed by atoms with Crippen molar-refractivity contribution in [1.29, 1.82) is 0 Å². The SMILES string of the molecule is COc1cc(OC)c(-c2cn3ccc(N(C)C4CCC(NCc5ccc(F)cc5)CC4)cc3n2)cc1Cl. The van der Waals surface area contributed by atoms with Crippen molar-refractivity contribution in [2.24, 2.45) is 0 Å². The molecule has 37 heavy (non-hydrogen) atoms. The van der Waals surface area contributed by atoms with Crippen molar-refractivity contribution in [3.8, 4) is 22.8 Å². The zero-order chi connectivity index (χ0) is 25.9. The van der Waals surface area contributed by atoms with Crippen molar-refractivity contribution in [3.05, 3.63) is 77.3 Å². The van der Waals surface area contributed by atoms with Crippen LogP contribution in [0.5, 0.6) is 11.5 Å². The van der Waals surface area contributed by atoms with E-state index >= 15 is 0 Å². The maximum atomic E-state index is 13.1. The molecule has 0 bridgehead atoms. The molecule has 0 radical (unpaired) electrons. The Labute approximate surface area is 222 Å². The van der Waals surface area contributed by atoms with Gasteiger partial charge in [-0.3, -0.25) is 0 Å². The molecule has 0 spiro atoms. The van der Waals surface area contributed by atoms with Crippen LogP contribution < -0.4 is 19.7 Å². The maximum Gasteiger partial charge on any atom is 0.141 e. The summed E-state index contributed by atoms with van der Waals surface area (Å²) in [5.41, 5.74) is 4.73. The second-order valence-corrected chi connectivity index (χ2v) is 9.99. The average Bonchev–Trinajstić information content (AvgIpc) is 3.36. The topological polar surface area (TPSA) is 51.0 Å². The van der Waals surface area contributed by atoms with E-state index in [0.717, 1.165) is 60.4 Å². The van der Waals surface area contributed by atoms with Crippen LogP contribution in [-0.2, 0) is 6.54 Å². The highest BCUT2D eigenvalue weighted by molar-refractivity contribution is 6.32. The first-order valence-electron chi connectivity index (χ1n) is 12.6. The highest BCUT2D eigenvalue weighted by atomic mass is 35.5. The van der Waals surface area contributed by atoms with E-state index in [1.165, 1.54) is 12.1 Å². The number of benzene rings is 2. The second kappa shape index (κ2) is 11.0. The molecule has 1 N–H and O–H groups in total. The Morgan fingerprint density at radius 1 is 1.03 bits per heavy atom. The smallest absolute Gasteiger partial charge is 0.141 e. The molecule has 2 aromatic carbocycles. The number of aromatic nitrogens is 2. The second-order valence-electron chi connectivity index (χ2n) is 9.59. The number of nitrogens with one attached hydrogen (secondary N) is 1. The van der Waals surface area contributed by atoms with Gasteiger partial charge in [-0.05, 0) is 55.5 Å². The van der Waals surface area contributed by atoms with Crippen LogP contribution in [0.4, 0.5) is 10.1 Å². The van der Waals surface area contributed by atoms with Gasteiger partial charge < -0.3 is 24.1 Å². The van der Waals surface area contributed by atoms with Crippen molar-refractivity contribution in [2.45, 2.75) is 44.3 Å². The summed E-state index contributed by atoms with van der Waals surface area (Å²) < 4.78 is 26.0. The first kappa shape index (κ1) is 25.4. The van der Waals surface area contributed by atoms with E-state index in [9.17, 15) is 4.39 Å². The monoisotopic (exact) mass is 522 g/mol. The third kappa shape index (κ3) is 5.53. The zero-order valence-corrected chi connectivity index (χ0v) is 22.1. The minimum atomic E-state index is -0.193. The number of fused-ring (bicyclic) bond motifs is 1. The number of rotatable bonds is 8. The summed E-state index contributed by atoms with van der Waals surface area (Å²) in [7, 11) is 5.38. The Hall–Kier alpha value is -3.29. The Morgan fingerprint density at radius 3 is 2.46 bits per heavy atom. The van der Waals surface area contributed by atoms with Crippen molar-refractivity contribution < 1.29 is 13.9 Å². The van der Waals surface area contributed by atoms with Gasteiger partial charge in [-0.1, -0.05) is 23.7 Å². The molecule has 194 valence electrons. The summed E-state index contributed by atoms with van der Waals surface area (Å²) in [5.74, 6) is 1.03. The van der Waals surface area contributed by atoms with Crippen LogP contribution in [0.15, 0.2) is 60.9 Å².